The van der Waals surface area contributed by atoms with Crippen molar-refractivity contribution in [2.24, 2.45) is 0 Å². The highest BCUT2D eigenvalue weighted by Crippen LogP contribution is 2.23. The van der Waals surface area contributed by atoms with Crippen molar-refractivity contribution >= 4 is 38.9 Å². The van der Waals surface area contributed by atoms with Crippen molar-refractivity contribution in [2.75, 3.05) is 18.4 Å². The second kappa shape index (κ2) is 6.73. The summed E-state index contributed by atoms with van der Waals surface area (Å²) >= 11 is 4.81. The normalized spacial score (nSPS) is 15.3. The maximum Gasteiger partial charge on any atom is 0.265 e. The fourth-order valence-electron chi connectivity index (χ4n) is 2.52. The molecule has 0 atom stereocenters. The first-order chi connectivity index (χ1) is 10.2. The molecule has 1 saturated heterocycles. The molecule has 1 aromatic heterocycles. The number of anilines is 1. The van der Waals surface area contributed by atoms with E-state index < -0.39 is 0 Å². The molecule has 110 valence electrons. The van der Waals surface area contributed by atoms with Gasteiger partial charge in [-0.2, -0.15) is 0 Å². The monoisotopic (exact) mass is 364 g/mol. The average Bonchev–Trinajstić information content (AvgIpc) is 3.12. The van der Waals surface area contributed by atoms with Crippen LogP contribution in [0, 0.1) is 0 Å². The van der Waals surface area contributed by atoms with Crippen LogP contribution in [0.4, 0.5) is 5.69 Å². The molecule has 1 amide bonds. The second-order valence-electron chi connectivity index (χ2n) is 5.24. The zero-order chi connectivity index (χ0) is 14.7. The Bertz CT molecular complexity index is 617. The second-order valence-corrected chi connectivity index (χ2v) is 7.70. The minimum Gasteiger partial charge on any atom is -0.321 e. The third-order valence-electron chi connectivity index (χ3n) is 3.61. The Labute approximate surface area is 137 Å². The molecule has 1 aliphatic rings. The number of halogens is 1. The van der Waals surface area contributed by atoms with E-state index in [4.69, 9.17) is 0 Å². The summed E-state index contributed by atoms with van der Waals surface area (Å²) < 4.78 is 0.966. The van der Waals surface area contributed by atoms with Gasteiger partial charge in [0.05, 0.1) is 8.66 Å². The lowest BCUT2D eigenvalue weighted by molar-refractivity contribution is 0.103. The van der Waals surface area contributed by atoms with Crippen molar-refractivity contribution in [2.45, 2.75) is 19.4 Å². The molecule has 2 aromatic rings. The number of hydrogen-bond donors (Lipinski definition) is 1. The standard InChI is InChI=1S/C16H17BrN2OS/c17-15-8-7-14(21-15)16(20)18-13-5-3-12(4-6-13)11-19-9-1-2-10-19/h3-8H,1-2,9-11H2,(H,18,20). The number of rotatable bonds is 4. The van der Waals surface area contributed by atoms with E-state index in [9.17, 15) is 4.79 Å². The summed E-state index contributed by atoms with van der Waals surface area (Å²) in [5.74, 6) is -0.0574. The molecule has 5 heteroatoms. The number of nitrogens with zero attached hydrogens (tertiary/aromatic N) is 1. The summed E-state index contributed by atoms with van der Waals surface area (Å²) in [7, 11) is 0. The van der Waals surface area contributed by atoms with E-state index in [0.717, 1.165) is 16.0 Å². The molecule has 0 spiro atoms. The number of carbonyl (C=O) groups is 1. The van der Waals surface area contributed by atoms with Crippen molar-refractivity contribution in [3.8, 4) is 0 Å². The Hall–Kier alpha value is -1.17. The van der Waals surface area contributed by atoms with Gasteiger partial charge in [0, 0.05) is 12.2 Å². The highest BCUT2D eigenvalue weighted by molar-refractivity contribution is 9.11. The van der Waals surface area contributed by atoms with Gasteiger partial charge in [0.1, 0.15) is 0 Å². The molecule has 2 heterocycles. The number of hydrogen-bond acceptors (Lipinski definition) is 3. The van der Waals surface area contributed by atoms with E-state index in [2.05, 4.69) is 38.3 Å². The van der Waals surface area contributed by atoms with Gasteiger partial charge in [0.15, 0.2) is 0 Å². The quantitative estimate of drug-likeness (QED) is 0.873. The molecule has 1 N–H and O–H groups in total. The van der Waals surface area contributed by atoms with E-state index in [1.165, 1.54) is 42.8 Å². The molecule has 3 nitrogen and oxygen atoms in total. The first-order valence-electron chi connectivity index (χ1n) is 7.09. The highest BCUT2D eigenvalue weighted by atomic mass is 79.9. The van der Waals surface area contributed by atoms with E-state index in [0.29, 0.717) is 4.88 Å². The third-order valence-corrected chi connectivity index (χ3v) is 5.24. The molecule has 0 bridgehead atoms. The predicted octanol–water partition coefficient (Wildman–Crippen LogP) is 4.36. The van der Waals surface area contributed by atoms with Crippen molar-refractivity contribution in [3.63, 3.8) is 0 Å². The molecule has 1 aliphatic heterocycles. The first kappa shape index (κ1) is 14.8. The number of thiophene rings is 1. The number of carbonyl (C=O) groups excluding carboxylic acids is 1. The predicted molar refractivity (Wildman–Crippen MR) is 90.9 cm³/mol. The van der Waals surface area contributed by atoms with Crippen LogP contribution in [0.15, 0.2) is 40.2 Å². The minimum atomic E-state index is -0.0574. The van der Waals surface area contributed by atoms with Gasteiger partial charge in [-0.1, -0.05) is 12.1 Å². The zero-order valence-corrected chi connectivity index (χ0v) is 14.0. The lowest BCUT2D eigenvalue weighted by Crippen LogP contribution is -2.18. The molecule has 1 fully saturated rings. The summed E-state index contributed by atoms with van der Waals surface area (Å²) in [6.07, 6.45) is 2.62. The molecule has 0 radical (unpaired) electrons. The van der Waals surface area contributed by atoms with E-state index >= 15 is 0 Å². The largest absolute Gasteiger partial charge is 0.321 e. The van der Waals surface area contributed by atoms with Crippen LogP contribution in [0.2, 0.25) is 0 Å². The summed E-state index contributed by atoms with van der Waals surface area (Å²) in [4.78, 5) is 15.2. The van der Waals surface area contributed by atoms with Crippen LogP contribution in [-0.2, 0) is 6.54 Å². The molecule has 0 saturated carbocycles. The van der Waals surface area contributed by atoms with Crippen molar-refractivity contribution < 1.29 is 4.79 Å². The lowest BCUT2D eigenvalue weighted by Gasteiger charge is -2.14. The van der Waals surface area contributed by atoms with Crippen LogP contribution in [0.25, 0.3) is 0 Å². The maximum absolute atomic E-state index is 12.1. The van der Waals surface area contributed by atoms with Crippen molar-refractivity contribution in [1.29, 1.82) is 0 Å². The Morgan fingerprint density at radius 2 is 1.86 bits per heavy atom. The maximum atomic E-state index is 12.1. The Morgan fingerprint density at radius 1 is 1.14 bits per heavy atom. The SMILES string of the molecule is O=C(Nc1ccc(CN2CCCC2)cc1)c1ccc(Br)s1. The lowest BCUT2D eigenvalue weighted by atomic mass is 10.2. The number of benzene rings is 1. The third kappa shape index (κ3) is 3.93. The molecular formula is C16H17BrN2OS. The van der Waals surface area contributed by atoms with E-state index in [-0.39, 0.29) is 5.91 Å². The fraction of sp³-hybridized carbons (Fsp3) is 0.312. The summed E-state index contributed by atoms with van der Waals surface area (Å²) in [6.45, 7) is 3.41. The van der Waals surface area contributed by atoms with Crippen LogP contribution in [0.1, 0.15) is 28.1 Å². The Kier molecular flexibility index (Phi) is 4.73. The molecule has 3 rings (SSSR count). The molecular weight excluding hydrogens is 348 g/mol. The zero-order valence-electron chi connectivity index (χ0n) is 11.6. The molecule has 1 aromatic carbocycles. The van der Waals surface area contributed by atoms with Crippen molar-refractivity contribution in [3.05, 3.63) is 50.6 Å². The Balaban J connectivity index is 1.60. The summed E-state index contributed by atoms with van der Waals surface area (Å²) in [5.41, 5.74) is 2.14. The number of amides is 1. The van der Waals surface area contributed by atoms with Crippen LogP contribution >= 0.6 is 27.3 Å². The van der Waals surface area contributed by atoms with Gasteiger partial charge in [0.2, 0.25) is 0 Å². The van der Waals surface area contributed by atoms with Gasteiger partial charge in [-0.15, -0.1) is 11.3 Å². The van der Waals surface area contributed by atoms with Gasteiger partial charge in [-0.3, -0.25) is 9.69 Å². The summed E-state index contributed by atoms with van der Waals surface area (Å²) in [5, 5.41) is 2.93. The molecule has 0 unspecified atom stereocenters. The van der Waals surface area contributed by atoms with Gasteiger partial charge in [0.25, 0.3) is 5.91 Å². The molecule has 0 aliphatic carbocycles. The average molecular weight is 365 g/mol. The van der Waals surface area contributed by atoms with Gasteiger partial charge >= 0.3 is 0 Å². The minimum absolute atomic E-state index is 0.0574. The van der Waals surface area contributed by atoms with E-state index in [1.54, 1.807) is 0 Å². The number of likely N-dealkylation sites (tertiary alicyclic amines) is 1. The smallest absolute Gasteiger partial charge is 0.265 e. The van der Waals surface area contributed by atoms with Crippen LogP contribution < -0.4 is 5.32 Å². The van der Waals surface area contributed by atoms with E-state index in [1.807, 2.05) is 24.3 Å². The first-order valence-corrected chi connectivity index (χ1v) is 8.70. The number of nitrogens with one attached hydrogen (secondary N) is 1. The topological polar surface area (TPSA) is 32.3 Å². The highest BCUT2D eigenvalue weighted by Gasteiger charge is 2.12. The fourth-order valence-corrected chi connectivity index (χ4v) is 3.80. The van der Waals surface area contributed by atoms with Gasteiger partial charge in [-0.25, -0.2) is 0 Å². The summed E-state index contributed by atoms with van der Waals surface area (Å²) in [6, 6.07) is 11.9. The van der Waals surface area contributed by atoms with Crippen LogP contribution in [-0.4, -0.2) is 23.9 Å². The van der Waals surface area contributed by atoms with Crippen molar-refractivity contribution in [1.82, 2.24) is 4.90 Å². The van der Waals surface area contributed by atoms with Crippen LogP contribution in [0.3, 0.4) is 0 Å². The van der Waals surface area contributed by atoms with Gasteiger partial charge < -0.3 is 5.32 Å². The van der Waals surface area contributed by atoms with Crippen LogP contribution in [0.5, 0.6) is 0 Å². The molecule has 21 heavy (non-hydrogen) atoms. The van der Waals surface area contributed by atoms with Gasteiger partial charge in [-0.05, 0) is 71.7 Å². The Morgan fingerprint density at radius 3 is 2.48 bits per heavy atom.